The first kappa shape index (κ1) is 13.3. The fourth-order valence-electron chi connectivity index (χ4n) is 1.29. The summed E-state index contributed by atoms with van der Waals surface area (Å²) in [4.78, 5) is 11.0. The molecule has 100 valence electrons. The van der Waals surface area contributed by atoms with Crippen LogP contribution in [0, 0.1) is 0 Å². The summed E-state index contributed by atoms with van der Waals surface area (Å²) in [6.07, 6.45) is -4.38. The molecule has 0 atom stereocenters. The number of benzene rings is 1. The Morgan fingerprint density at radius 3 is 2.21 bits per heavy atom. The Bertz CT molecular complexity index is 564. The van der Waals surface area contributed by atoms with Gasteiger partial charge in [0.05, 0.1) is 5.56 Å². The van der Waals surface area contributed by atoms with Crippen LogP contribution in [0.25, 0.3) is 0 Å². The lowest BCUT2D eigenvalue weighted by Crippen LogP contribution is -2.05. The Balaban J connectivity index is 2.20. The van der Waals surface area contributed by atoms with E-state index < -0.39 is 11.7 Å². The maximum atomic E-state index is 12.4. The van der Waals surface area contributed by atoms with Crippen LogP contribution in [-0.4, -0.2) is 15.0 Å². The van der Waals surface area contributed by atoms with E-state index in [0.717, 1.165) is 12.1 Å². The van der Waals surface area contributed by atoms with Crippen molar-refractivity contribution in [2.45, 2.75) is 6.18 Å². The maximum absolute atomic E-state index is 12.4. The molecule has 0 fully saturated rings. The van der Waals surface area contributed by atoms with Gasteiger partial charge in [-0.1, -0.05) is 0 Å². The zero-order valence-electron chi connectivity index (χ0n) is 9.24. The van der Waals surface area contributed by atoms with Crippen LogP contribution in [-0.2, 0) is 6.18 Å². The summed E-state index contributed by atoms with van der Waals surface area (Å²) in [5.41, 5.74) is 4.98. The molecule has 1 aromatic carbocycles. The number of hydrogen-bond acceptors (Lipinski definition) is 5. The van der Waals surface area contributed by atoms with Crippen LogP contribution < -0.4 is 11.1 Å². The lowest BCUT2D eigenvalue weighted by molar-refractivity contribution is -0.137. The first-order chi connectivity index (χ1) is 8.84. The average molecular weight is 290 g/mol. The molecule has 0 aliphatic heterocycles. The minimum atomic E-state index is -4.38. The number of hydrogen-bond donors (Lipinski definition) is 2. The quantitative estimate of drug-likeness (QED) is 0.889. The van der Waals surface area contributed by atoms with E-state index in [0.29, 0.717) is 5.69 Å². The summed E-state index contributed by atoms with van der Waals surface area (Å²) in [6, 6.07) is 4.37. The highest BCUT2D eigenvalue weighted by Gasteiger charge is 2.29. The van der Waals surface area contributed by atoms with Gasteiger partial charge in [0.15, 0.2) is 0 Å². The maximum Gasteiger partial charge on any atom is 0.416 e. The molecule has 0 amide bonds. The molecule has 0 aliphatic carbocycles. The molecule has 5 nitrogen and oxygen atoms in total. The molecule has 0 spiro atoms. The van der Waals surface area contributed by atoms with E-state index in [2.05, 4.69) is 20.3 Å². The Morgan fingerprint density at radius 2 is 1.68 bits per heavy atom. The average Bonchev–Trinajstić information content (AvgIpc) is 2.26. The van der Waals surface area contributed by atoms with Crippen molar-refractivity contribution in [2.24, 2.45) is 0 Å². The second kappa shape index (κ2) is 4.88. The van der Waals surface area contributed by atoms with Gasteiger partial charge in [-0.25, -0.2) is 0 Å². The van der Waals surface area contributed by atoms with Crippen molar-refractivity contribution in [3.05, 3.63) is 35.1 Å². The zero-order chi connectivity index (χ0) is 14.0. The van der Waals surface area contributed by atoms with E-state index >= 15 is 0 Å². The second-order valence-corrected chi connectivity index (χ2v) is 3.82. The molecule has 1 heterocycles. The standard InChI is InChI=1S/C10H7ClF3N5/c11-7-17-8(15)19-9(18-7)16-6-3-1-5(2-4-6)10(12,13)14/h1-4H,(H3,15,16,17,18,19). The molecule has 9 heteroatoms. The number of halogens is 4. The van der Waals surface area contributed by atoms with Crippen molar-refractivity contribution < 1.29 is 13.2 Å². The molecule has 3 N–H and O–H groups in total. The fourth-order valence-corrected chi connectivity index (χ4v) is 1.46. The number of nitrogen functional groups attached to an aromatic ring is 1. The molecule has 2 aromatic rings. The molecule has 0 saturated heterocycles. The number of rotatable bonds is 2. The summed E-state index contributed by atoms with van der Waals surface area (Å²) in [6.45, 7) is 0. The molecule has 2 rings (SSSR count). The van der Waals surface area contributed by atoms with Gasteiger partial charge in [0, 0.05) is 5.69 Å². The van der Waals surface area contributed by atoms with Crippen LogP contribution in [0.4, 0.5) is 30.8 Å². The lowest BCUT2D eigenvalue weighted by Gasteiger charge is -2.08. The highest BCUT2D eigenvalue weighted by atomic mass is 35.5. The topological polar surface area (TPSA) is 76.7 Å². The largest absolute Gasteiger partial charge is 0.416 e. The smallest absolute Gasteiger partial charge is 0.368 e. The van der Waals surface area contributed by atoms with Crippen molar-refractivity contribution in [3.8, 4) is 0 Å². The van der Waals surface area contributed by atoms with Crippen molar-refractivity contribution in [1.82, 2.24) is 15.0 Å². The number of nitrogens with one attached hydrogen (secondary N) is 1. The first-order valence-electron chi connectivity index (χ1n) is 4.96. The lowest BCUT2D eigenvalue weighted by atomic mass is 10.2. The molecule has 0 bridgehead atoms. The number of anilines is 3. The van der Waals surface area contributed by atoms with Crippen LogP contribution >= 0.6 is 11.6 Å². The summed E-state index contributed by atoms with van der Waals surface area (Å²) in [5.74, 6) is -0.0355. The van der Waals surface area contributed by atoms with Gasteiger partial charge in [0.1, 0.15) is 0 Å². The Labute approximate surface area is 110 Å². The first-order valence-corrected chi connectivity index (χ1v) is 5.34. The van der Waals surface area contributed by atoms with Crippen LogP contribution in [0.2, 0.25) is 5.28 Å². The van der Waals surface area contributed by atoms with Gasteiger partial charge in [-0.3, -0.25) is 0 Å². The Kier molecular flexibility index (Phi) is 3.43. The van der Waals surface area contributed by atoms with Crippen LogP contribution in [0.15, 0.2) is 24.3 Å². The normalized spacial score (nSPS) is 11.4. The van der Waals surface area contributed by atoms with E-state index in [1.54, 1.807) is 0 Å². The minimum absolute atomic E-state index is 0.0530. The van der Waals surface area contributed by atoms with Crippen LogP contribution in [0.5, 0.6) is 0 Å². The number of nitrogens with zero attached hydrogens (tertiary/aromatic N) is 3. The molecule has 0 radical (unpaired) electrons. The molecule has 0 saturated carbocycles. The Hall–Kier alpha value is -2.09. The molecular weight excluding hydrogens is 283 g/mol. The molecule has 0 unspecified atom stereocenters. The number of alkyl halides is 3. The molecular formula is C10H7ClF3N5. The molecule has 19 heavy (non-hydrogen) atoms. The van der Waals surface area contributed by atoms with Crippen LogP contribution in [0.1, 0.15) is 5.56 Å². The predicted octanol–water partition coefficient (Wildman–Crippen LogP) is 2.87. The van der Waals surface area contributed by atoms with E-state index in [9.17, 15) is 13.2 Å². The van der Waals surface area contributed by atoms with Crippen molar-refractivity contribution >= 4 is 29.2 Å². The predicted molar refractivity (Wildman–Crippen MR) is 64.0 cm³/mol. The van der Waals surface area contributed by atoms with Gasteiger partial charge in [-0.2, -0.15) is 28.1 Å². The summed E-state index contributed by atoms with van der Waals surface area (Å²) >= 11 is 5.57. The SMILES string of the molecule is Nc1nc(Cl)nc(Nc2ccc(C(F)(F)F)cc2)n1. The van der Waals surface area contributed by atoms with Gasteiger partial charge in [0.25, 0.3) is 0 Å². The summed E-state index contributed by atoms with van der Waals surface area (Å²) in [5, 5.41) is 2.56. The highest BCUT2D eigenvalue weighted by molar-refractivity contribution is 6.28. The third kappa shape index (κ3) is 3.44. The van der Waals surface area contributed by atoms with Gasteiger partial charge in [-0.05, 0) is 35.9 Å². The molecule has 0 aliphatic rings. The van der Waals surface area contributed by atoms with Gasteiger partial charge >= 0.3 is 6.18 Å². The zero-order valence-corrected chi connectivity index (χ0v) is 10.00. The van der Waals surface area contributed by atoms with E-state index in [4.69, 9.17) is 17.3 Å². The number of nitrogens with two attached hydrogens (primary N) is 1. The second-order valence-electron chi connectivity index (χ2n) is 3.49. The number of aromatic nitrogens is 3. The van der Waals surface area contributed by atoms with Gasteiger partial charge in [0.2, 0.25) is 17.2 Å². The van der Waals surface area contributed by atoms with Crippen molar-refractivity contribution in [1.29, 1.82) is 0 Å². The third-order valence-electron chi connectivity index (χ3n) is 2.09. The van der Waals surface area contributed by atoms with Crippen molar-refractivity contribution in [3.63, 3.8) is 0 Å². The minimum Gasteiger partial charge on any atom is -0.368 e. The van der Waals surface area contributed by atoms with Gasteiger partial charge in [-0.15, -0.1) is 0 Å². The fraction of sp³-hybridized carbons (Fsp3) is 0.100. The summed E-state index contributed by atoms with van der Waals surface area (Å²) in [7, 11) is 0. The summed E-state index contributed by atoms with van der Waals surface area (Å²) < 4.78 is 37.1. The van der Waals surface area contributed by atoms with Crippen molar-refractivity contribution in [2.75, 3.05) is 11.1 Å². The van der Waals surface area contributed by atoms with E-state index in [1.807, 2.05) is 0 Å². The van der Waals surface area contributed by atoms with E-state index in [1.165, 1.54) is 12.1 Å². The molecule has 1 aromatic heterocycles. The monoisotopic (exact) mass is 289 g/mol. The van der Waals surface area contributed by atoms with Crippen LogP contribution in [0.3, 0.4) is 0 Å². The third-order valence-corrected chi connectivity index (χ3v) is 2.26. The van der Waals surface area contributed by atoms with E-state index in [-0.39, 0.29) is 17.2 Å². The highest BCUT2D eigenvalue weighted by Crippen LogP contribution is 2.30. The Morgan fingerprint density at radius 1 is 1.05 bits per heavy atom. The van der Waals surface area contributed by atoms with Gasteiger partial charge < -0.3 is 11.1 Å².